The van der Waals surface area contributed by atoms with Gasteiger partial charge in [0.1, 0.15) is 6.54 Å². The summed E-state index contributed by atoms with van der Waals surface area (Å²) < 4.78 is 0. The summed E-state index contributed by atoms with van der Waals surface area (Å²) in [5.41, 5.74) is 2.62. The van der Waals surface area contributed by atoms with Crippen molar-refractivity contribution in [2.75, 3.05) is 29.9 Å². The van der Waals surface area contributed by atoms with Crippen LogP contribution in [0.15, 0.2) is 48.5 Å². The van der Waals surface area contributed by atoms with E-state index in [2.05, 4.69) is 19.2 Å². The molecule has 6 heteroatoms. The quantitative estimate of drug-likeness (QED) is 0.849. The molecule has 1 saturated heterocycles. The van der Waals surface area contributed by atoms with E-state index in [1.807, 2.05) is 36.4 Å². The maximum atomic E-state index is 12.6. The van der Waals surface area contributed by atoms with Crippen LogP contribution < -0.4 is 10.2 Å². The summed E-state index contributed by atoms with van der Waals surface area (Å²) in [7, 11) is 0. The second-order valence-corrected chi connectivity index (χ2v) is 7.06. The zero-order valence-corrected chi connectivity index (χ0v) is 15.7. The lowest BCUT2D eigenvalue weighted by Crippen LogP contribution is -2.37. The van der Waals surface area contributed by atoms with Gasteiger partial charge in [-0.15, -0.1) is 0 Å². The summed E-state index contributed by atoms with van der Waals surface area (Å²) in [6, 6.07) is 14.7. The van der Waals surface area contributed by atoms with Gasteiger partial charge in [-0.3, -0.25) is 9.69 Å². The zero-order valence-electron chi connectivity index (χ0n) is 14.9. The standard InChI is InChI=1S/C20H22ClN3O2/c1-14(2)17-8-3-4-9-18(17)22-19(25)13-23-10-11-24(20(23)26)16-7-5-6-15(21)12-16/h3-9,12,14H,10-11,13H2,1-2H3,(H,22,25). The predicted molar refractivity (Wildman–Crippen MR) is 105 cm³/mol. The highest BCUT2D eigenvalue weighted by molar-refractivity contribution is 6.30. The first kappa shape index (κ1) is 18.3. The van der Waals surface area contributed by atoms with Gasteiger partial charge in [-0.25, -0.2) is 4.79 Å². The number of hydrogen-bond donors (Lipinski definition) is 1. The fourth-order valence-electron chi connectivity index (χ4n) is 3.09. The van der Waals surface area contributed by atoms with Gasteiger partial charge in [0.15, 0.2) is 0 Å². The van der Waals surface area contributed by atoms with E-state index in [1.165, 1.54) is 0 Å². The van der Waals surface area contributed by atoms with E-state index in [-0.39, 0.29) is 18.5 Å². The fourth-order valence-corrected chi connectivity index (χ4v) is 3.27. The number of amides is 3. The summed E-state index contributed by atoms with van der Waals surface area (Å²) in [6.07, 6.45) is 0. The monoisotopic (exact) mass is 371 g/mol. The minimum atomic E-state index is -0.195. The predicted octanol–water partition coefficient (Wildman–Crippen LogP) is 4.34. The van der Waals surface area contributed by atoms with Gasteiger partial charge >= 0.3 is 6.03 Å². The molecule has 0 unspecified atom stereocenters. The molecule has 1 N–H and O–H groups in total. The lowest BCUT2D eigenvalue weighted by Gasteiger charge is -2.19. The van der Waals surface area contributed by atoms with E-state index in [0.717, 1.165) is 16.9 Å². The molecule has 0 bridgehead atoms. The van der Waals surface area contributed by atoms with Gasteiger partial charge in [0.05, 0.1) is 0 Å². The average molecular weight is 372 g/mol. The smallest absolute Gasteiger partial charge is 0.324 e. The molecule has 1 fully saturated rings. The average Bonchev–Trinajstić information content (AvgIpc) is 2.95. The van der Waals surface area contributed by atoms with Gasteiger partial charge in [-0.1, -0.05) is 49.7 Å². The minimum absolute atomic E-state index is 0.0301. The Kier molecular flexibility index (Phi) is 5.47. The van der Waals surface area contributed by atoms with Crippen molar-refractivity contribution in [3.8, 4) is 0 Å². The Bertz CT molecular complexity index is 822. The molecule has 26 heavy (non-hydrogen) atoms. The van der Waals surface area contributed by atoms with Crippen LogP contribution in [0.5, 0.6) is 0 Å². The number of rotatable bonds is 5. The molecule has 1 aliphatic heterocycles. The highest BCUT2D eigenvalue weighted by Gasteiger charge is 2.31. The SMILES string of the molecule is CC(C)c1ccccc1NC(=O)CN1CCN(c2cccc(Cl)c2)C1=O. The lowest BCUT2D eigenvalue weighted by atomic mass is 10.0. The van der Waals surface area contributed by atoms with E-state index >= 15 is 0 Å². The van der Waals surface area contributed by atoms with E-state index in [9.17, 15) is 9.59 Å². The Labute approximate surface area is 158 Å². The van der Waals surface area contributed by atoms with Crippen LogP contribution in [0.3, 0.4) is 0 Å². The van der Waals surface area contributed by atoms with Gasteiger partial charge in [0.25, 0.3) is 0 Å². The van der Waals surface area contributed by atoms with Crippen LogP contribution in [-0.4, -0.2) is 36.5 Å². The highest BCUT2D eigenvalue weighted by atomic mass is 35.5. The number of nitrogens with one attached hydrogen (secondary N) is 1. The number of para-hydroxylation sites is 1. The largest absolute Gasteiger partial charge is 0.325 e. The number of halogens is 1. The molecule has 0 spiro atoms. The molecule has 0 aliphatic carbocycles. The summed E-state index contributed by atoms with van der Waals surface area (Å²) in [6.45, 7) is 5.23. The maximum absolute atomic E-state index is 12.6. The minimum Gasteiger partial charge on any atom is -0.324 e. The Hall–Kier alpha value is -2.53. The molecule has 2 aromatic carbocycles. The third-order valence-corrected chi connectivity index (χ3v) is 4.64. The molecule has 136 valence electrons. The molecular formula is C20H22ClN3O2. The molecule has 0 aromatic heterocycles. The summed E-state index contributed by atoms with van der Waals surface area (Å²) in [5.74, 6) is 0.109. The summed E-state index contributed by atoms with van der Waals surface area (Å²) in [4.78, 5) is 28.2. The van der Waals surface area contributed by atoms with E-state index < -0.39 is 0 Å². The van der Waals surface area contributed by atoms with Crippen LogP contribution in [0.4, 0.5) is 16.2 Å². The lowest BCUT2D eigenvalue weighted by molar-refractivity contribution is -0.116. The first-order valence-corrected chi connectivity index (χ1v) is 9.04. The van der Waals surface area contributed by atoms with Crippen molar-refractivity contribution >= 4 is 34.9 Å². The topological polar surface area (TPSA) is 52.7 Å². The second kappa shape index (κ2) is 7.79. The Morgan fingerprint density at radius 3 is 2.65 bits per heavy atom. The molecule has 0 saturated carbocycles. The summed E-state index contributed by atoms with van der Waals surface area (Å²) in [5, 5.41) is 3.51. The third-order valence-electron chi connectivity index (χ3n) is 4.41. The summed E-state index contributed by atoms with van der Waals surface area (Å²) >= 11 is 6.01. The van der Waals surface area contributed by atoms with Crippen LogP contribution >= 0.6 is 11.6 Å². The van der Waals surface area contributed by atoms with Gasteiger partial charge < -0.3 is 10.2 Å². The number of hydrogen-bond acceptors (Lipinski definition) is 2. The first-order chi connectivity index (χ1) is 12.5. The van der Waals surface area contributed by atoms with Crippen molar-refractivity contribution in [2.24, 2.45) is 0 Å². The van der Waals surface area contributed by atoms with Gasteiger partial charge in [-0.05, 0) is 35.7 Å². The number of benzene rings is 2. The molecule has 1 heterocycles. The van der Waals surface area contributed by atoms with Crippen LogP contribution in [0.25, 0.3) is 0 Å². The fraction of sp³-hybridized carbons (Fsp3) is 0.300. The van der Waals surface area contributed by atoms with Crippen LogP contribution in [0.1, 0.15) is 25.3 Å². The molecule has 2 aromatic rings. The van der Waals surface area contributed by atoms with Gasteiger partial charge in [0, 0.05) is 29.5 Å². The zero-order chi connectivity index (χ0) is 18.7. The third kappa shape index (κ3) is 3.99. The number of carbonyl (C=O) groups is 2. The highest BCUT2D eigenvalue weighted by Crippen LogP contribution is 2.25. The van der Waals surface area contributed by atoms with Crippen LogP contribution in [-0.2, 0) is 4.79 Å². The van der Waals surface area contributed by atoms with Crippen molar-refractivity contribution in [1.82, 2.24) is 4.90 Å². The number of anilines is 2. The maximum Gasteiger partial charge on any atom is 0.325 e. The second-order valence-electron chi connectivity index (χ2n) is 6.63. The van der Waals surface area contributed by atoms with Crippen molar-refractivity contribution in [1.29, 1.82) is 0 Å². The van der Waals surface area contributed by atoms with Crippen LogP contribution in [0.2, 0.25) is 5.02 Å². The molecular weight excluding hydrogens is 350 g/mol. The molecule has 3 rings (SSSR count). The molecule has 0 radical (unpaired) electrons. The van der Waals surface area contributed by atoms with Crippen LogP contribution in [0, 0.1) is 0 Å². The normalized spacial score (nSPS) is 14.2. The number of carbonyl (C=O) groups excluding carboxylic acids is 2. The first-order valence-electron chi connectivity index (χ1n) is 8.66. The van der Waals surface area contributed by atoms with Crippen molar-refractivity contribution in [3.63, 3.8) is 0 Å². The Balaban J connectivity index is 1.65. The van der Waals surface area contributed by atoms with Crippen molar-refractivity contribution in [3.05, 3.63) is 59.1 Å². The molecule has 3 amide bonds. The molecule has 5 nitrogen and oxygen atoms in total. The number of nitrogens with zero attached hydrogens (tertiary/aromatic N) is 2. The van der Waals surface area contributed by atoms with Crippen molar-refractivity contribution < 1.29 is 9.59 Å². The van der Waals surface area contributed by atoms with E-state index in [0.29, 0.717) is 24.0 Å². The molecule has 1 aliphatic rings. The Morgan fingerprint density at radius 1 is 1.15 bits per heavy atom. The Morgan fingerprint density at radius 2 is 1.92 bits per heavy atom. The van der Waals surface area contributed by atoms with E-state index in [1.54, 1.807) is 21.9 Å². The van der Waals surface area contributed by atoms with E-state index in [4.69, 9.17) is 11.6 Å². The van der Waals surface area contributed by atoms with Crippen molar-refractivity contribution in [2.45, 2.75) is 19.8 Å². The van der Waals surface area contributed by atoms with Gasteiger partial charge in [-0.2, -0.15) is 0 Å². The number of urea groups is 1. The molecule has 0 atom stereocenters. The van der Waals surface area contributed by atoms with Gasteiger partial charge in [0.2, 0.25) is 5.91 Å².